The van der Waals surface area contributed by atoms with Crippen molar-refractivity contribution >= 4 is 5.97 Å². The Bertz CT molecular complexity index is 371. The number of hydrogen-bond acceptors (Lipinski definition) is 3. The van der Waals surface area contributed by atoms with Crippen LogP contribution < -0.4 is 0 Å². The molecular formula is C20H38O4. The standard InChI is InChI=1S/C20H38O4/c1-6-13(3)19(24-5)11-8-14(4)17-12-15(17)9-10-18(21)16(7-2)20(22)23/h13-19,21H,6-12H2,1-5H3,(H,22,23)/t13-,14-,15?,16+,17?,18+,19-/m0/s1. The van der Waals surface area contributed by atoms with Crippen molar-refractivity contribution in [2.75, 3.05) is 7.11 Å². The molecule has 24 heavy (non-hydrogen) atoms. The number of carboxylic acid groups (broad SMARTS) is 1. The summed E-state index contributed by atoms with van der Waals surface area (Å²) in [6, 6.07) is 0. The van der Waals surface area contributed by atoms with Gasteiger partial charge in [-0.2, -0.15) is 0 Å². The molecule has 0 aromatic heterocycles. The maximum atomic E-state index is 11.1. The number of carbonyl (C=O) groups is 1. The van der Waals surface area contributed by atoms with Crippen LogP contribution in [0.2, 0.25) is 0 Å². The van der Waals surface area contributed by atoms with Crippen molar-refractivity contribution in [1.29, 1.82) is 0 Å². The minimum absolute atomic E-state index is 0.359. The van der Waals surface area contributed by atoms with E-state index in [9.17, 15) is 9.90 Å². The smallest absolute Gasteiger partial charge is 0.309 e. The lowest BCUT2D eigenvalue weighted by atomic mass is 9.90. The highest BCUT2D eigenvalue weighted by atomic mass is 16.5. The number of methoxy groups -OCH3 is 1. The van der Waals surface area contributed by atoms with Crippen LogP contribution in [0, 0.1) is 29.6 Å². The first-order valence-electron chi connectivity index (χ1n) is 9.79. The van der Waals surface area contributed by atoms with Gasteiger partial charge in [-0.1, -0.05) is 34.1 Å². The Balaban J connectivity index is 2.28. The average Bonchev–Trinajstić information content (AvgIpc) is 3.33. The van der Waals surface area contributed by atoms with Gasteiger partial charge in [0.2, 0.25) is 0 Å². The maximum Gasteiger partial charge on any atom is 0.309 e. The molecule has 0 aliphatic heterocycles. The van der Waals surface area contributed by atoms with Crippen LogP contribution in [0.25, 0.3) is 0 Å². The van der Waals surface area contributed by atoms with Crippen LogP contribution in [0.4, 0.5) is 0 Å². The molecule has 0 bridgehead atoms. The Hall–Kier alpha value is -0.610. The van der Waals surface area contributed by atoms with Crippen LogP contribution in [0.3, 0.4) is 0 Å². The monoisotopic (exact) mass is 342 g/mol. The lowest BCUT2D eigenvalue weighted by Crippen LogP contribution is -2.27. The molecule has 2 unspecified atom stereocenters. The van der Waals surface area contributed by atoms with E-state index in [0.717, 1.165) is 25.2 Å². The van der Waals surface area contributed by atoms with Crippen molar-refractivity contribution in [3.8, 4) is 0 Å². The molecule has 0 heterocycles. The molecule has 0 spiro atoms. The van der Waals surface area contributed by atoms with Gasteiger partial charge in [-0.15, -0.1) is 0 Å². The van der Waals surface area contributed by atoms with Crippen molar-refractivity contribution in [2.24, 2.45) is 29.6 Å². The van der Waals surface area contributed by atoms with Crippen molar-refractivity contribution in [3.05, 3.63) is 0 Å². The molecule has 1 aliphatic rings. The summed E-state index contributed by atoms with van der Waals surface area (Å²) < 4.78 is 5.63. The third-order valence-electron chi connectivity index (χ3n) is 6.25. The van der Waals surface area contributed by atoms with E-state index in [1.165, 1.54) is 12.8 Å². The number of rotatable bonds is 13. The van der Waals surface area contributed by atoms with Gasteiger partial charge in [-0.05, 0) is 62.2 Å². The van der Waals surface area contributed by atoms with E-state index in [4.69, 9.17) is 9.84 Å². The van der Waals surface area contributed by atoms with E-state index >= 15 is 0 Å². The summed E-state index contributed by atoms with van der Waals surface area (Å²) in [5.41, 5.74) is 0. The topological polar surface area (TPSA) is 66.8 Å². The number of aliphatic hydroxyl groups excluding tert-OH is 1. The predicted molar refractivity (Wildman–Crippen MR) is 96.9 cm³/mol. The summed E-state index contributed by atoms with van der Waals surface area (Å²) >= 11 is 0. The second-order valence-corrected chi connectivity index (χ2v) is 7.87. The zero-order chi connectivity index (χ0) is 18.3. The second-order valence-electron chi connectivity index (χ2n) is 7.87. The van der Waals surface area contributed by atoms with Crippen LogP contribution in [-0.4, -0.2) is 35.5 Å². The van der Waals surface area contributed by atoms with Crippen molar-refractivity contribution in [3.63, 3.8) is 0 Å². The molecule has 4 nitrogen and oxygen atoms in total. The van der Waals surface area contributed by atoms with E-state index in [-0.39, 0.29) is 0 Å². The minimum Gasteiger partial charge on any atom is -0.481 e. The van der Waals surface area contributed by atoms with Gasteiger partial charge >= 0.3 is 5.97 Å². The number of hydrogen-bond donors (Lipinski definition) is 2. The molecule has 1 fully saturated rings. The molecule has 1 rings (SSSR count). The Kier molecular flexibility index (Phi) is 9.28. The highest BCUT2D eigenvalue weighted by Crippen LogP contribution is 2.49. The van der Waals surface area contributed by atoms with Crippen LogP contribution in [0.1, 0.15) is 72.6 Å². The summed E-state index contributed by atoms with van der Waals surface area (Å²) in [6.07, 6.45) is 6.43. The number of aliphatic hydroxyl groups is 1. The average molecular weight is 343 g/mol. The molecule has 1 aliphatic carbocycles. The van der Waals surface area contributed by atoms with E-state index in [2.05, 4.69) is 20.8 Å². The van der Waals surface area contributed by atoms with Crippen LogP contribution >= 0.6 is 0 Å². The predicted octanol–water partition coefficient (Wildman–Crippen LogP) is 4.35. The van der Waals surface area contributed by atoms with Gasteiger partial charge in [0, 0.05) is 7.11 Å². The molecule has 0 saturated heterocycles. The summed E-state index contributed by atoms with van der Waals surface area (Å²) in [7, 11) is 1.81. The number of ether oxygens (including phenoxy) is 1. The Morgan fingerprint density at radius 3 is 2.33 bits per heavy atom. The lowest BCUT2D eigenvalue weighted by Gasteiger charge is -2.23. The fourth-order valence-corrected chi connectivity index (χ4v) is 4.04. The molecule has 2 N–H and O–H groups in total. The normalized spacial score (nSPS) is 26.4. The summed E-state index contributed by atoms with van der Waals surface area (Å²) in [5, 5.41) is 19.2. The first kappa shape index (κ1) is 21.4. The molecule has 0 aromatic rings. The maximum absolute atomic E-state index is 11.1. The molecule has 1 saturated carbocycles. The number of carboxylic acids is 1. The zero-order valence-electron chi connectivity index (χ0n) is 16.2. The first-order valence-corrected chi connectivity index (χ1v) is 9.79. The molecule has 4 heteroatoms. The van der Waals surface area contributed by atoms with Gasteiger partial charge in [-0.3, -0.25) is 4.79 Å². The van der Waals surface area contributed by atoms with E-state index in [1.54, 1.807) is 0 Å². The first-order chi connectivity index (χ1) is 11.3. The largest absolute Gasteiger partial charge is 0.481 e. The van der Waals surface area contributed by atoms with Crippen LogP contribution in [0.15, 0.2) is 0 Å². The Morgan fingerprint density at radius 2 is 1.83 bits per heavy atom. The fourth-order valence-electron chi connectivity index (χ4n) is 4.04. The van der Waals surface area contributed by atoms with Crippen molar-refractivity contribution in [2.45, 2.75) is 84.8 Å². The third-order valence-corrected chi connectivity index (χ3v) is 6.25. The quantitative estimate of drug-likeness (QED) is 0.522. The molecule has 7 atom stereocenters. The lowest BCUT2D eigenvalue weighted by molar-refractivity contribution is -0.146. The van der Waals surface area contributed by atoms with Gasteiger partial charge in [0.15, 0.2) is 0 Å². The molecule has 142 valence electrons. The zero-order valence-corrected chi connectivity index (χ0v) is 16.2. The van der Waals surface area contributed by atoms with Crippen molar-refractivity contribution in [1.82, 2.24) is 0 Å². The van der Waals surface area contributed by atoms with Crippen LogP contribution in [-0.2, 0) is 9.53 Å². The summed E-state index contributed by atoms with van der Waals surface area (Å²) in [6.45, 7) is 8.62. The Morgan fingerprint density at radius 1 is 1.17 bits per heavy atom. The summed E-state index contributed by atoms with van der Waals surface area (Å²) in [5.74, 6) is 1.23. The SMILES string of the molecule is CC[C@H](C)[C@H](CC[C@H](C)C1CC1CC[C@@H](O)[C@@H](CC)C(=O)O)OC. The van der Waals surface area contributed by atoms with Crippen molar-refractivity contribution < 1.29 is 19.7 Å². The van der Waals surface area contributed by atoms with E-state index in [1.807, 2.05) is 14.0 Å². The molecular weight excluding hydrogens is 304 g/mol. The summed E-state index contributed by atoms with van der Waals surface area (Å²) in [4.78, 5) is 11.1. The fraction of sp³-hybridized carbons (Fsp3) is 0.950. The highest BCUT2D eigenvalue weighted by molar-refractivity contribution is 5.70. The molecule has 0 radical (unpaired) electrons. The van der Waals surface area contributed by atoms with Gasteiger partial charge in [-0.25, -0.2) is 0 Å². The van der Waals surface area contributed by atoms with Gasteiger partial charge in [0.1, 0.15) is 0 Å². The molecule has 0 amide bonds. The van der Waals surface area contributed by atoms with Crippen LogP contribution in [0.5, 0.6) is 0 Å². The number of aliphatic carboxylic acids is 1. The second kappa shape index (κ2) is 10.4. The highest BCUT2D eigenvalue weighted by Gasteiger charge is 2.41. The minimum atomic E-state index is -0.874. The van der Waals surface area contributed by atoms with E-state index < -0.39 is 18.0 Å². The van der Waals surface area contributed by atoms with Gasteiger partial charge in [0.25, 0.3) is 0 Å². The Labute approximate surface area is 148 Å². The van der Waals surface area contributed by atoms with Gasteiger partial charge in [0.05, 0.1) is 18.1 Å². The third kappa shape index (κ3) is 6.36. The van der Waals surface area contributed by atoms with Gasteiger partial charge < -0.3 is 14.9 Å². The molecule has 0 aromatic carbocycles. The van der Waals surface area contributed by atoms with E-state index in [0.29, 0.717) is 36.7 Å².